The summed E-state index contributed by atoms with van der Waals surface area (Å²) in [6.45, 7) is 0.486. The second-order valence-corrected chi connectivity index (χ2v) is 4.29. The quantitative estimate of drug-likeness (QED) is 0.620. The molecular weight excluding hydrogens is 272 g/mol. The van der Waals surface area contributed by atoms with Gasteiger partial charge in [-0.3, -0.25) is 9.59 Å². The van der Waals surface area contributed by atoms with Crippen LogP contribution >= 0.6 is 11.6 Å². The van der Waals surface area contributed by atoms with E-state index in [-0.39, 0.29) is 17.9 Å². The van der Waals surface area contributed by atoms with Crippen LogP contribution in [0, 0.1) is 0 Å². The zero-order chi connectivity index (χ0) is 13.8. The number of ether oxygens (including phenoxy) is 2. The molecule has 0 aliphatic carbocycles. The molecule has 1 aliphatic heterocycles. The summed E-state index contributed by atoms with van der Waals surface area (Å²) >= 11 is 5.53. The monoisotopic (exact) mass is 284 g/mol. The third kappa shape index (κ3) is 2.90. The van der Waals surface area contributed by atoms with Gasteiger partial charge in [-0.25, -0.2) is 0 Å². The van der Waals surface area contributed by atoms with E-state index in [2.05, 4.69) is 5.32 Å². The van der Waals surface area contributed by atoms with Gasteiger partial charge in [-0.05, 0) is 18.6 Å². The number of primary amides is 1. The average molecular weight is 285 g/mol. The van der Waals surface area contributed by atoms with Gasteiger partial charge in [-0.2, -0.15) is 0 Å². The molecule has 0 spiro atoms. The number of carbonyl (C=O) groups is 2. The number of benzene rings is 1. The van der Waals surface area contributed by atoms with Crippen LogP contribution < -0.4 is 20.5 Å². The third-order valence-electron chi connectivity index (χ3n) is 2.62. The Kier molecular flexibility index (Phi) is 4.11. The topological polar surface area (TPSA) is 90.7 Å². The van der Waals surface area contributed by atoms with Gasteiger partial charge in [-0.1, -0.05) is 0 Å². The SMILES string of the molecule is NC(=O)c1cc2c(cc1C(=O)NCCCCl)OCO2. The lowest BCUT2D eigenvalue weighted by atomic mass is 10.0. The summed E-state index contributed by atoms with van der Waals surface area (Å²) in [5, 5.41) is 2.66. The highest BCUT2D eigenvalue weighted by atomic mass is 35.5. The Morgan fingerprint density at radius 1 is 1.26 bits per heavy atom. The van der Waals surface area contributed by atoms with E-state index in [1.807, 2.05) is 0 Å². The number of carbonyl (C=O) groups excluding carboxylic acids is 2. The Balaban J connectivity index is 2.27. The van der Waals surface area contributed by atoms with Gasteiger partial charge >= 0.3 is 0 Å². The van der Waals surface area contributed by atoms with Crippen molar-refractivity contribution in [1.29, 1.82) is 0 Å². The molecule has 2 rings (SSSR count). The van der Waals surface area contributed by atoms with Crippen LogP contribution in [0.1, 0.15) is 27.1 Å². The first kappa shape index (κ1) is 13.5. The maximum absolute atomic E-state index is 12.0. The van der Waals surface area contributed by atoms with Crippen molar-refractivity contribution in [2.24, 2.45) is 5.73 Å². The zero-order valence-corrected chi connectivity index (χ0v) is 10.8. The van der Waals surface area contributed by atoms with Crippen molar-refractivity contribution in [2.75, 3.05) is 19.2 Å². The van der Waals surface area contributed by atoms with Crippen LogP contribution in [0.3, 0.4) is 0 Å². The van der Waals surface area contributed by atoms with Crippen LogP contribution in [-0.2, 0) is 0 Å². The molecule has 0 fully saturated rings. The maximum atomic E-state index is 12.0. The van der Waals surface area contributed by atoms with E-state index in [9.17, 15) is 9.59 Å². The summed E-state index contributed by atoms with van der Waals surface area (Å²) in [5.41, 5.74) is 5.54. The predicted octanol–water partition coefficient (Wildman–Crippen LogP) is 0.873. The molecule has 0 unspecified atom stereocenters. The van der Waals surface area contributed by atoms with E-state index in [4.69, 9.17) is 26.8 Å². The van der Waals surface area contributed by atoms with Gasteiger partial charge in [0.15, 0.2) is 11.5 Å². The summed E-state index contributed by atoms with van der Waals surface area (Å²) in [4.78, 5) is 23.4. The van der Waals surface area contributed by atoms with Crippen molar-refractivity contribution in [3.8, 4) is 11.5 Å². The minimum absolute atomic E-state index is 0.0604. The fourth-order valence-corrected chi connectivity index (χ4v) is 1.83. The number of halogens is 1. The van der Waals surface area contributed by atoms with E-state index in [0.717, 1.165) is 0 Å². The van der Waals surface area contributed by atoms with Crippen molar-refractivity contribution >= 4 is 23.4 Å². The highest BCUT2D eigenvalue weighted by Crippen LogP contribution is 2.34. The first-order valence-corrected chi connectivity index (χ1v) is 6.24. The van der Waals surface area contributed by atoms with Crippen molar-refractivity contribution < 1.29 is 19.1 Å². The standard InChI is InChI=1S/C12H13ClN2O4/c13-2-1-3-15-12(17)8-5-10-9(18-6-19-10)4-7(8)11(14)16/h4-5H,1-3,6H2,(H2,14,16)(H,15,17). The van der Waals surface area contributed by atoms with E-state index in [0.29, 0.717) is 30.3 Å². The highest BCUT2D eigenvalue weighted by Gasteiger charge is 2.23. The second-order valence-electron chi connectivity index (χ2n) is 3.91. The van der Waals surface area contributed by atoms with Crippen LogP contribution in [0.15, 0.2) is 12.1 Å². The molecule has 19 heavy (non-hydrogen) atoms. The molecule has 7 heteroatoms. The fourth-order valence-electron chi connectivity index (χ4n) is 1.70. The van der Waals surface area contributed by atoms with E-state index in [1.54, 1.807) is 0 Å². The number of nitrogens with two attached hydrogens (primary N) is 1. The normalized spacial score (nSPS) is 12.3. The lowest BCUT2D eigenvalue weighted by Gasteiger charge is -2.09. The van der Waals surface area contributed by atoms with Crippen molar-refractivity contribution in [3.05, 3.63) is 23.3 Å². The third-order valence-corrected chi connectivity index (χ3v) is 2.89. The molecule has 2 amide bonds. The van der Waals surface area contributed by atoms with Gasteiger partial charge in [0.25, 0.3) is 5.91 Å². The first-order chi connectivity index (χ1) is 9.13. The summed E-state index contributed by atoms with van der Waals surface area (Å²) in [7, 11) is 0. The lowest BCUT2D eigenvalue weighted by molar-refractivity contribution is 0.0936. The van der Waals surface area contributed by atoms with Gasteiger partial charge < -0.3 is 20.5 Å². The largest absolute Gasteiger partial charge is 0.454 e. The molecule has 0 atom stereocenters. The Labute approximate surface area is 114 Å². The van der Waals surface area contributed by atoms with Crippen molar-refractivity contribution in [2.45, 2.75) is 6.42 Å². The van der Waals surface area contributed by atoms with Gasteiger partial charge in [0.05, 0.1) is 11.1 Å². The zero-order valence-electron chi connectivity index (χ0n) is 10.1. The predicted molar refractivity (Wildman–Crippen MR) is 68.8 cm³/mol. The van der Waals surface area contributed by atoms with Crippen LogP contribution in [0.25, 0.3) is 0 Å². The molecule has 6 nitrogen and oxygen atoms in total. The van der Waals surface area contributed by atoms with Gasteiger partial charge in [0.2, 0.25) is 12.7 Å². The molecule has 0 radical (unpaired) electrons. The molecule has 0 bridgehead atoms. The number of nitrogens with one attached hydrogen (secondary N) is 1. The minimum Gasteiger partial charge on any atom is -0.454 e. The summed E-state index contributed by atoms with van der Waals surface area (Å²) in [6.07, 6.45) is 0.643. The number of fused-ring (bicyclic) bond motifs is 1. The van der Waals surface area contributed by atoms with E-state index in [1.165, 1.54) is 12.1 Å². The number of hydrogen-bond acceptors (Lipinski definition) is 4. The van der Waals surface area contributed by atoms with E-state index < -0.39 is 11.8 Å². The molecule has 1 aromatic rings. The van der Waals surface area contributed by atoms with Crippen LogP contribution in [-0.4, -0.2) is 31.0 Å². The van der Waals surface area contributed by atoms with Gasteiger partial charge in [0, 0.05) is 12.4 Å². The van der Waals surface area contributed by atoms with Crippen LogP contribution in [0.4, 0.5) is 0 Å². The fraction of sp³-hybridized carbons (Fsp3) is 0.333. The van der Waals surface area contributed by atoms with Crippen molar-refractivity contribution in [3.63, 3.8) is 0 Å². The molecular formula is C12H13ClN2O4. The Bertz CT molecular complexity index is 519. The average Bonchev–Trinajstić information content (AvgIpc) is 2.84. The van der Waals surface area contributed by atoms with Crippen molar-refractivity contribution in [1.82, 2.24) is 5.32 Å². The first-order valence-electron chi connectivity index (χ1n) is 5.71. The van der Waals surface area contributed by atoms with Crippen LogP contribution in [0.5, 0.6) is 11.5 Å². The molecule has 0 saturated carbocycles. The molecule has 1 heterocycles. The number of rotatable bonds is 5. The molecule has 1 aromatic carbocycles. The molecule has 102 valence electrons. The lowest BCUT2D eigenvalue weighted by Crippen LogP contribution is -2.27. The Morgan fingerprint density at radius 3 is 2.47 bits per heavy atom. The van der Waals surface area contributed by atoms with Gasteiger partial charge in [0.1, 0.15) is 0 Å². The Hall–Kier alpha value is -1.95. The summed E-state index contributed by atoms with van der Waals surface area (Å²) < 4.78 is 10.3. The number of hydrogen-bond donors (Lipinski definition) is 2. The smallest absolute Gasteiger partial charge is 0.252 e. The molecule has 0 saturated heterocycles. The molecule has 0 aromatic heterocycles. The number of amides is 2. The highest BCUT2D eigenvalue weighted by molar-refractivity contribution is 6.17. The summed E-state index contributed by atoms with van der Waals surface area (Å²) in [6, 6.07) is 2.87. The van der Waals surface area contributed by atoms with E-state index >= 15 is 0 Å². The maximum Gasteiger partial charge on any atom is 0.252 e. The van der Waals surface area contributed by atoms with Gasteiger partial charge in [-0.15, -0.1) is 11.6 Å². The minimum atomic E-state index is -0.694. The molecule has 3 N–H and O–H groups in total. The van der Waals surface area contributed by atoms with Crippen LogP contribution in [0.2, 0.25) is 0 Å². The molecule has 1 aliphatic rings. The summed E-state index contributed by atoms with van der Waals surface area (Å²) in [5.74, 6) is 0.195. The second kappa shape index (κ2) is 5.79. The Morgan fingerprint density at radius 2 is 1.89 bits per heavy atom. The number of alkyl halides is 1.